The third-order valence-corrected chi connectivity index (χ3v) is 5.51. The lowest BCUT2D eigenvalue weighted by Gasteiger charge is -2.03. The highest BCUT2D eigenvalue weighted by Crippen LogP contribution is 2.36. The number of nitrogens with one attached hydrogen (secondary N) is 2. The zero-order valence-corrected chi connectivity index (χ0v) is 17.4. The van der Waals surface area contributed by atoms with Gasteiger partial charge in [0.2, 0.25) is 0 Å². The number of H-pyrrole nitrogens is 2. The Hall–Kier alpha value is -4.73. The lowest BCUT2D eigenvalue weighted by molar-refractivity contribution is -0.385. The number of benzene rings is 3. The number of rotatable bonds is 5. The van der Waals surface area contributed by atoms with E-state index >= 15 is 0 Å². The van der Waals surface area contributed by atoms with E-state index in [1.54, 1.807) is 24.3 Å². The van der Waals surface area contributed by atoms with Gasteiger partial charge in [0, 0.05) is 58.1 Å². The topological polar surface area (TPSA) is 131 Å². The summed E-state index contributed by atoms with van der Waals surface area (Å²) in [6.45, 7) is 0. The van der Waals surface area contributed by atoms with E-state index in [-0.39, 0.29) is 11.4 Å². The van der Waals surface area contributed by atoms with E-state index in [0.717, 1.165) is 21.9 Å². The lowest BCUT2D eigenvalue weighted by atomic mass is 9.94. The molecule has 0 unspecified atom stereocenters. The van der Waals surface area contributed by atoms with Crippen molar-refractivity contribution < 1.29 is 9.85 Å². The van der Waals surface area contributed by atoms with Crippen molar-refractivity contribution in [1.29, 1.82) is 0 Å². The molecule has 3 aromatic carbocycles. The van der Waals surface area contributed by atoms with Gasteiger partial charge in [0.15, 0.2) is 0 Å². The molecule has 5 aromatic rings. The highest BCUT2D eigenvalue weighted by atomic mass is 16.6. The van der Waals surface area contributed by atoms with E-state index in [4.69, 9.17) is 4.98 Å². The molecule has 0 aliphatic carbocycles. The van der Waals surface area contributed by atoms with Crippen molar-refractivity contribution in [2.24, 2.45) is 0 Å². The van der Waals surface area contributed by atoms with E-state index in [2.05, 4.69) is 16.0 Å². The normalized spacial score (nSPS) is 11.0. The van der Waals surface area contributed by atoms with E-state index in [1.165, 1.54) is 24.3 Å². The number of fused-ring (bicyclic) bond motifs is 1. The SMILES string of the molecule is Bc1ccc2[nH]cc(-c3nc(-c4ccc([N+](=O)[O-])cc4)c(-c4ccc([N+](=O)[O-])cc4)[nH]3)c2c1. The van der Waals surface area contributed by atoms with Crippen molar-refractivity contribution in [2.45, 2.75) is 0 Å². The molecule has 0 aliphatic heterocycles. The van der Waals surface area contributed by atoms with Crippen molar-refractivity contribution in [2.75, 3.05) is 0 Å². The van der Waals surface area contributed by atoms with Crippen molar-refractivity contribution in [3.63, 3.8) is 0 Å². The molecule has 0 atom stereocenters. The molecule has 10 heteroatoms. The fourth-order valence-corrected chi connectivity index (χ4v) is 3.84. The highest BCUT2D eigenvalue weighted by molar-refractivity contribution is 6.33. The van der Waals surface area contributed by atoms with Crippen molar-refractivity contribution in [3.8, 4) is 33.9 Å². The van der Waals surface area contributed by atoms with Gasteiger partial charge in [0.25, 0.3) is 11.4 Å². The molecule has 0 amide bonds. The zero-order valence-electron chi connectivity index (χ0n) is 17.4. The highest BCUT2D eigenvalue weighted by Gasteiger charge is 2.19. The number of hydrogen-bond donors (Lipinski definition) is 2. The van der Waals surface area contributed by atoms with Gasteiger partial charge >= 0.3 is 0 Å². The predicted molar refractivity (Wildman–Crippen MR) is 128 cm³/mol. The monoisotopic (exact) mass is 437 g/mol. The third-order valence-electron chi connectivity index (χ3n) is 5.51. The maximum Gasteiger partial charge on any atom is 0.269 e. The fourth-order valence-electron chi connectivity index (χ4n) is 3.84. The summed E-state index contributed by atoms with van der Waals surface area (Å²) in [5, 5.41) is 23.1. The van der Waals surface area contributed by atoms with Crippen LogP contribution < -0.4 is 5.46 Å². The van der Waals surface area contributed by atoms with E-state index in [9.17, 15) is 20.2 Å². The van der Waals surface area contributed by atoms with Crippen LogP contribution in [0.5, 0.6) is 0 Å². The number of non-ortho nitro benzene ring substituents is 2. The molecule has 2 N–H and O–H groups in total. The Bertz CT molecular complexity index is 1450. The van der Waals surface area contributed by atoms with Gasteiger partial charge in [-0.05, 0) is 30.3 Å². The van der Waals surface area contributed by atoms with Gasteiger partial charge in [-0.2, -0.15) is 0 Å². The Balaban J connectivity index is 1.69. The summed E-state index contributed by atoms with van der Waals surface area (Å²) >= 11 is 0. The summed E-state index contributed by atoms with van der Waals surface area (Å²) in [4.78, 5) is 32.7. The standard InChI is InChI=1S/C23H16BN5O4/c24-15-5-10-20-18(11-15)19(12-25-20)23-26-21(13-1-6-16(7-2-13)28(30)31)22(27-23)14-3-8-17(9-4-14)29(32)33/h1-12,25H,24H2,(H,26,27). The summed E-state index contributed by atoms with van der Waals surface area (Å²) in [6.07, 6.45) is 1.88. The molecule has 0 spiro atoms. The Morgan fingerprint density at radius 2 is 1.42 bits per heavy atom. The zero-order chi connectivity index (χ0) is 23.1. The second-order valence-electron chi connectivity index (χ2n) is 7.67. The minimum atomic E-state index is -0.453. The maximum absolute atomic E-state index is 11.1. The second kappa shape index (κ2) is 7.76. The average Bonchev–Trinajstić information content (AvgIpc) is 3.43. The van der Waals surface area contributed by atoms with Crippen molar-refractivity contribution in [3.05, 3.63) is 93.2 Å². The smallest absolute Gasteiger partial charge is 0.269 e. The number of hydrogen-bond acceptors (Lipinski definition) is 5. The third kappa shape index (κ3) is 3.63. The van der Waals surface area contributed by atoms with Crippen LogP contribution in [0, 0.1) is 20.2 Å². The van der Waals surface area contributed by atoms with E-state index < -0.39 is 9.85 Å². The molecule has 5 rings (SSSR count). The molecule has 0 saturated heterocycles. The van der Waals surface area contributed by atoms with Crippen LogP contribution in [-0.2, 0) is 0 Å². The molecule has 0 radical (unpaired) electrons. The molecule has 33 heavy (non-hydrogen) atoms. The molecule has 0 aliphatic rings. The number of imidazole rings is 1. The Morgan fingerprint density at radius 3 is 2.03 bits per heavy atom. The largest absolute Gasteiger partial charge is 0.360 e. The number of nitrogens with zero attached hydrogens (tertiary/aromatic N) is 3. The first-order valence-corrected chi connectivity index (χ1v) is 10.1. The fraction of sp³-hybridized carbons (Fsp3) is 0. The summed E-state index contributed by atoms with van der Waals surface area (Å²) < 4.78 is 0. The maximum atomic E-state index is 11.1. The van der Waals surface area contributed by atoms with Crippen LogP contribution in [-0.4, -0.2) is 32.6 Å². The van der Waals surface area contributed by atoms with E-state index in [1.807, 2.05) is 26.2 Å². The first kappa shape index (κ1) is 20.2. The molecule has 0 saturated carbocycles. The average molecular weight is 437 g/mol. The van der Waals surface area contributed by atoms with Gasteiger partial charge in [-0.15, -0.1) is 0 Å². The molecule has 9 nitrogen and oxygen atoms in total. The quantitative estimate of drug-likeness (QED) is 0.244. The van der Waals surface area contributed by atoms with Crippen LogP contribution in [0.3, 0.4) is 0 Å². The number of nitro benzene ring substituents is 2. The molecular weight excluding hydrogens is 421 g/mol. The van der Waals surface area contributed by atoms with Gasteiger partial charge in [0.05, 0.1) is 21.2 Å². The Labute approximate surface area is 187 Å². The van der Waals surface area contributed by atoms with Gasteiger partial charge < -0.3 is 9.97 Å². The predicted octanol–water partition coefficient (Wildman–Crippen LogP) is 3.97. The molecular formula is C23H16BN5O4. The van der Waals surface area contributed by atoms with Gasteiger partial charge in [-0.3, -0.25) is 20.2 Å². The summed E-state index contributed by atoms with van der Waals surface area (Å²) in [5.74, 6) is 0.619. The van der Waals surface area contributed by atoms with Crippen molar-refractivity contribution >= 4 is 35.6 Å². The number of aromatic nitrogens is 3. The summed E-state index contributed by atoms with van der Waals surface area (Å²) in [6, 6.07) is 18.4. The lowest BCUT2D eigenvalue weighted by Crippen LogP contribution is -1.99. The van der Waals surface area contributed by atoms with Crippen LogP contribution in [0.4, 0.5) is 11.4 Å². The van der Waals surface area contributed by atoms with Crippen LogP contribution in [0.1, 0.15) is 0 Å². The first-order valence-electron chi connectivity index (χ1n) is 10.1. The van der Waals surface area contributed by atoms with Crippen LogP contribution in [0.15, 0.2) is 72.9 Å². The Morgan fingerprint density at radius 1 is 0.818 bits per heavy atom. The number of aromatic amines is 2. The van der Waals surface area contributed by atoms with Crippen LogP contribution >= 0.6 is 0 Å². The van der Waals surface area contributed by atoms with Gasteiger partial charge in [-0.25, -0.2) is 4.98 Å². The minimum Gasteiger partial charge on any atom is -0.360 e. The second-order valence-corrected chi connectivity index (χ2v) is 7.67. The first-order chi connectivity index (χ1) is 15.9. The molecule has 0 bridgehead atoms. The van der Waals surface area contributed by atoms with E-state index in [0.29, 0.717) is 28.3 Å². The van der Waals surface area contributed by atoms with Gasteiger partial charge in [-0.1, -0.05) is 17.6 Å². The minimum absolute atomic E-state index is 0.0116. The molecule has 160 valence electrons. The van der Waals surface area contributed by atoms with Crippen LogP contribution in [0.2, 0.25) is 0 Å². The molecule has 0 fully saturated rings. The van der Waals surface area contributed by atoms with Crippen LogP contribution in [0.25, 0.3) is 44.8 Å². The molecule has 2 aromatic heterocycles. The summed E-state index contributed by atoms with van der Waals surface area (Å²) in [5.41, 5.74) is 5.59. The van der Waals surface area contributed by atoms with Gasteiger partial charge in [0.1, 0.15) is 13.7 Å². The Kier molecular flexibility index (Phi) is 4.75. The molecule has 2 heterocycles. The summed E-state index contributed by atoms with van der Waals surface area (Å²) in [7, 11) is 2.02. The number of nitro groups is 2. The van der Waals surface area contributed by atoms with Crippen molar-refractivity contribution in [1.82, 2.24) is 15.0 Å².